The maximum atomic E-state index is 12.5. The molecule has 6 heteroatoms. The third kappa shape index (κ3) is 3.69. The van der Waals surface area contributed by atoms with E-state index < -0.39 is 0 Å². The summed E-state index contributed by atoms with van der Waals surface area (Å²) in [4.78, 5) is 12.5. The van der Waals surface area contributed by atoms with Gasteiger partial charge in [-0.15, -0.1) is 0 Å². The molecule has 0 aliphatic heterocycles. The Balaban J connectivity index is 1.73. The zero-order chi connectivity index (χ0) is 18.5. The summed E-state index contributed by atoms with van der Waals surface area (Å²) < 4.78 is 12.4. The Morgan fingerprint density at radius 2 is 1.88 bits per heavy atom. The van der Waals surface area contributed by atoms with Gasteiger partial charge in [-0.05, 0) is 49.4 Å². The topological polar surface area (TPSA) is 65.4 Å². The molecule has 1 atom stereocenters. The summed E-state index contributed by atoms with van der Waals surface area (Å²) in [5.74, 6) is 1.23. The number of hydrogen-bond acceptors (Lipinski definition) is 4. The molecule has 3 rings (SSSR count). The fourth-order valence-corrected chi connectivity index (χ4v) is 2.72. The van der Waals surface area contributed by atoms with Crippen LogP contribution in [0.5, 0.6) is 11.5 Å². The molecule has 0 aliphatic carbocycles. The van der Waals surface area contributed by atoms with Crippen LogP contribution in [-0.2, 0) is 0 Å². The van der Waals surface area contributed by atoms with Crippen LogP contribution >= 0.6 is 0 Å². The van der Waals surface area contributed by atoms with Gasteiger partial charge in [0.2, 0.25) is 0 Å². The molecule has 0 spiro atoms. The summed E-state index contributed by atoms with van der Waals surface area (Å²) in [7, 11) is 3.20. The van der Waals surface area contributed by atoms with E-state index in [-0.39, 0.29) is 11.9 Å². The standard InChI is InChI=1S/C20H21N3O3/c1-14(18-10-9-17(25-2)13-19(18)26-3)22-20(24)15-5-7-16(8-6-15)23-12-4-11-21-23/h4-14H,1-3H3,(H,22,24)/t14-/m1/s1. The molecule has 0 bridgehead atoms. The van der Waals surface area contributed by atoms with Crippen molar-refractivity contribution in [1.29, 1.82) is 0 Å². The maximum absolute atomic E-state index is 12.5. The smallest absolute Gasteiger partial charge is 0.251 e. The van der Waals surface area contributed by atoms with Gasteiger partial charge < -0.3 is 14.8 Å². The normalized spacial score (nSPS) is 11.7. The molecule has 0 saturated heterocycles. The lowest BCUT2D eigenvalue weighted by molar-refractivity contribution is 0.0939. The maximum Gasteiger partial charge on any atom is 0.251 e. The van der Waals surface area contributed by atoms with Crippen LogP contribution in [0.2, 0.25) is 0 Å². The molecule has 1 heterocycles. The summed E-state index contributed by atoms with van der Waals surface area (Å²) >= 11 is 0. The van der Waals surface area contributed by atoms with Gasteiger partial charge in [0.1, 0.15) is 11.5 Å². The van der Waals surface area contributed by atoms with Crippen molar-refractivity contribution in [3.63, 3.8) is 0 Å². The van der Waals surface area contributed by atoms with Crippen LogP contribution in [0.3, 0.4) is 0 Å². The van der Waals surface area contributed by atoms with Gasteiger partial charge in [0, 0.05) is 29.6 Å². The number of carbonyl (C=O) groups is 1. The average molecular weight is 351 g/mol. The number of carbonyl (C=O) groups excluding carboxylic acids is 1. The number of hydrogen-bond donors (Lipinski definition) is 1. The van der Waals surface area contributed by atoms with Crippen molar-refractivity contribution >= 4 is 5.91 Å². The van der Waals surface area contributed by atoms with Crippen LogP contribution in [0.15, 0.2) is 60.9 Å². The zero-order valence-corrected chi connectivity index (χ0v) is 15.0. The molecule has 0 unspecified atom stereocenters. The van der Waals surface area contributed by atoms with Gasteiger partial charge in [0.15, 0.2) is 0 Å². The molecular weight excluding hydrogens is 330 g/mol. The van der Waals surface area contributed by atoms with E-state index in [9.17, 15) is 4.79 Å². The first-order chi connectivity index (χ1) is 12.6. The number of nitrogens with one attached hydrogen (secondary N) is 1. The first kappa shape index (κ1) is 17.5. The van der Waals surface area contributed by atoms with Gasteiger partial charge in [-0.1, -0.05) is 0 Å². The third-order valence-corrected chi connectivity index (χ3v) is 4.15. The first-order valence-corrected chi connectivity index (χ1v) is 8.25. The Labute approximate surface area is 152 Å². The second kappa shape index (κ2) is 7.74. The Morgan fingerprint density at radius 3 is 2.50 bits per heavy atom. The molecule has 3 aromatic rings. The van der Waals surface area contributed by atoms with Crippen molar-refractivity contribution in [2.24, 2.45) is 0 Å². The quantitative estimate of drug-likeness (QED) is 0.739. The molecule has 6 nitrogen and oxygen atoms in total. The van der Waals surface area contributed by atoms with Crippen molar-refractivity contribution in [3.05, 3.63) is 72.1 Å². The molecule has 1 amide bonds. The molecule has 0 fully saturated rings. The van der Waals surface area contributed by atoms with E-state index in [1.54, 1.807) is 43.3 Å². The third-order valence-electron chi connectivity index (χ3n) is 4.15. The van der Waals surface area contributed by atoms with E-state index in [1.165, 1.54) is 0 Å². The number of aromatic nitrogens is 2. The number of amides is 1. The molecule has 26 heavy (non-hydrogen) atoms. The van der Waals surface area contributed by atoms with Crippen LogP contribution in [-0.4, -0.2) is 29.9 Å². The SMILES string of the molecule is COc1ccc([C@@H](C)NC(=O)c2ccc(-n3cccn3)cc2)c(OC)c1. The lowest BCUT2D eigenvalue weighted by atomic mass is 10.1. The molecule has 0 radical (unpaired) electrons. The van der Waals surface area contributed by atoms with Crippen molar-refractivity contribution in [2.75, 3.05) is 14.2 Å². The monoisotopic (exact) mass is 351 g/mol. The fourth-order valence-electron chi connectivity index (χ4n) is 2.72. The van der Waals surface area contributed by atoms with E-state index in [0.717, 1.165) is 11.3 Å². The first-order valence-electron chi connectivity index (χ1n) is 8.25. The molecule has 134 valence electrons. The number of methoxy groups -OCH3 is 2. The van der Waals surface area contributed by atoms with Crippen molar-refractivity contribution in [2.45, 2.75) is 13.0 Å². The van der Waals surface area contributed by atoms with E-state index in [2.05, 4.69) is 10.4 Å². The summed E-state index contributed by atoms with van der Waals surface area (Å²) in [5.41, 5.74) is 2.37. The van der Waals surface area contributed by atoms with Gasteiger partial charge in [-0.3, -0.25) is 4.79 Å². The Hall–Kier alpha value is -3.28. The summed E-state index contributed by atoms with van der Waals surface area (Å²) in [6, 6.07) is 14.5. The van der Waals surface area contributed by atoms with Gasteiger partial charge in [-0.25, -0.2) is 4.68 Å². The van der Waals surface area contributed by atoms with Crippen LogP contribution in [0.1, 0.15) is 28.9 Å². The van der Waals surface area contributed by atoms with Crippen molar-refractivity contribution in [3.8, 4) is 17.2 Å². The molecule has 2 aromatic carbocycles. The highest BCUT2D eigenvalue weighted by molar-refractivity contribution is 5.94. The van der Waals surface area contributed by atoms with Crippen LogP contribution in [0.4, 0.5) is 0 Å². The van der Waals surface area contributed by atoms with Gasteiger partial charge in [-0.2, -0.15) is 5.10 Å². The highest BCUT2D eigenvalue weighted by atomic mass is 16.5. The highest BCUT2D eigenvalue weighted by Gasteiger charge is 2.16. The molecule has 0 aliphatic rings. The minimum absolute atomic E-state index is 0.151. The number of ether oxygens (including phenoxy) is 2. The number of rotatable bonds is 6. The number of nitrogens with zero attached hydrogens (tertiary/aromatic N) is 2. The van der Waals surface area contributed by atoms with E-state index in [1.807, 2.05) is 43.5 Å². The summed E-state index contributed by atoms with van der Waals surface area (Å²) in [5, 5.41) is 7.17. The lowest BCUT2D eigenvalue weighted by Gasteiger charge is -2.18. The Kier molecular flexibility index (Phi) is 5.22. The highest BCUT2D eigenvalue weighted by Crippen LogP contribution is 2.29. The van der Waals surface area contributed by atoms with Gasteiger partial charge in [0.25, 0.3) is 5.91 Å². The van der Waals surface area contributed by atoms with Crippen molar-refractivity contribution in [1.82, 2.24) is 15.1 Å². The Morgan fingerprint density at radius 1 is 1.12 bits per heavy atom. The minimum Gasteiger partial charge on any atom is -0.497 e. The largest absolute Gasteiger partial charge is 0.497 e. The molecule has 1 aromatic heterocycles. The van der Waals surface area contributed by atoms with E-state index in [4.69, 9.17) is 9.47 Å². The molecule has 0 saturated carbocycles. The summed E-state index contributed by atoms with van der Waals surface area (Å²) in [6.07, 6.45) is 3.57. The molecular formula is C20H21N3O3. The van der Waals surface area contributed by atoms with E-state index >= 15 is 0 Å². The second-order valence-corrected chi connectivity index (χ2v) is 5.80. The average Bonchev–Trinajstić information content (AvgIpc) is 3.22. The lowest BCUT2D eigenvalue weighted by Crippen LogP contribution is -2.27. The zero-order valence-electron chi connectivity index (χ0n) is 15.0. The molecule has 1 N–H and O–H groups in total. The second-order valence-electron chi connectivity index (χ2n) is 5.80. The van der Waals surface area contributed by atoms with Crippen LogP contribution < -0.4 is 14.8 Å². The summed E-state index contributed by atoms with van der Waals surface area (Å²) in [6.45, 7) is 1.92. The number of benzene rings is 2. The van der Waals surface area contributed by atoms with E-state index in [0.29, 0.717) is 17.1 Å². The predicted octanol–water partition coefficient (Wildman–Crippen LogP) is 3.38. The van der Waals surface area contributed by atoms with Crippen LogP contribution in [0, 0.1) is 0 Å². The predicted molar refractivity (Wildman–Crippen MR) is 99.0 cm³/mol. The van der Waals surface area contributed by atoms with Crippen molar-refractivity contribution < 1.29 is 14.3 Å². The fraction of sp³-hybridized carbons (Fsp3) is 0.200. The minimum atomic E-state index is -0.214. The van der Waals surface area contributed by atoms with Gasteiger partial charge >= 0.3 is 0 Å². The Bertz CT molecular complexity index is 874. The van der Waals surface area contributed by atoms with Crippen LogP contribution in [0.25, 0.3) is 5.69 Å². The van der Waals surface area contributed by atoms with Gasteiger partial charge in [0.05, 0.1) is 25.9 Å².